The van der Waals surface area contributed by atoms with E-state index < -0.39 is 0 Å². The van der Waals surface area contributed by atoms with Gasteiger partial charge in [-0.15, -0.1) is 0 Å². The lowest BCUT2D eigenvalue weighted by molar-refractivity contribution is 0.193. The first-order chi connectivity index (χ1) is 10.2. The van der Waals surface area contributed by atoms with Crippen molar-refractivity contribution >= 4 is 17.9 Å². The van der Waals surface area contributed by atoms with Crippen LogP contribution in [0.2, 0.25) is 0 Å². The van der Waals surface area contributed by atoms with E-state index in [9.17, 15) is 4.79 Å². The zero-order chi connectivity index (χ0) is 14.8. The molecule has 4 heteroatoms. The van der Waals surface area contributed by atoms with E-state index in [0.717, 1.165) is 29.8 Å². The summed E-state index contributed by atoms with van der Waals surface area (Å²) in [5, 5.41) is 4.64. The Morgan fingerprint density at radius 1 is 1.33 bits per heavy atom. The van der Waals surface area contributed by atoms with E-state index in [0.29, 0.717) is 11.7 Å². The van der Waals surface area contributed by atoms with Crippen LogP contribution in [0.4, 0.5) is 4.79 Å². The third-order valence-electron chi connectivity index (χ3n) is 4.60. The maximum atomic E-state index is 11.9. The lowest BCUT2D eigenvalue weighted by atomic mass is 9.96. The maximum Gasteiger partial charge on any atom is 0.412 e. The van der Waals surface area contributed by atoms with E-state index in [2.05, 4.69) is 19.2 Å². The second kappa shape index (κ2) is 6.30. The van der Waals surface area contributed by atoms with Gasteiger partial charge in [0.15, 0.2) is 0 Å². The third kappa shape index (κ3) is 3.73. The topological polar surface area (TPSA) is 38.3 Å². The quantitative estimate of drug-likeness (QED) is 0.842. The molecule has 1 aromatic carbocycles. The number of thioether (sulfide) groups is 1. The number of hydrogen-bond acceptors (Lipinski definition) is 3. The summed E-state index contributed by atoms with van der Waals surface area (Å²) in [7, 11) is 0. The Bertz CT molecular complexity index is 502. The lowest BCUT2D eigenvalue weighted by Crippen LogP contribution is -2.39. The Morgan fingerprint density at radius 2 is 2.10 bits per heavy atom. The number of carbonyl (C=O) groups excluding carboxylic acids is 1. The molecule has 0 spiro atoms. The van der Waals surface area contributed by atoms with E-state index >= 15 is 0 Å². The van der Waals surface area contributed by atoms with E-state index in [1.54, 1.807) is 0 Å². The van der Waals surface area contributed by atoms with Crippen LogP contribution in [-0.4, -0.2) is 22.6 Å². The normalized spacial score (nSPS) is 28.4. The number of amides is 1. The average molecular weight is 305 g/mol. The van der Waals surface area contributed by atoms with Gasteiger partial charge in [-0.05, 0) is 49.3 Å². The van der Waals surface area contributed by atoms with Gasteiger partial charge in [0, 0.05) is 16.5 Å². The summed E-state index contributed by atoms with van der Waals surface area (Å²) in [6.45, 7) is 4.38. The van der Waals surface area contributed by atoms with Gasteiger partial charge in [0.05, 0.1) is 0 Å². The highest BCUT2D eigenvalue weighted by Crippen LogP contribution is 2.50. The van der Waals surface area contributed by atoms with E-state index in [4.69, 9.17) is 4.74 Å². The van der Waals surface area contributed by atoms with Gasteiger partial charge in [-0.1, -0.05) is 26.0 Å². The average Bonchev–Trinajstić information content (AvgIpc) is 3.25. The number of hydrogen-bond donors (Lipinski definition) is 1. The number of nitrogens with one attached hydrogen (secondary N) is 1. The van der Waals surface area contributed by atoms with Crippen LogP contribution in [0.5, 0.6) is 5.75 Å². The van der Waals surface area contributed by atoms with Crippen LogP contribution in [0.1, 0.15) is 51.0 Å². The predicted octanol–water partition coefficient (Wildman–Crippen LogP) is 4.33. The van der Waals surface area contributed by atoms with E-state index in [1.807, 2.05) is 36.0 Å². The second-order valence-electron chi connectivity index (χ2n) is 6.14. The molecule has 1 N–H and O–H groups in total. The molecule has 1 amide bonds. The minimum absolute atomic E-state index is 0.285. The van der Waals surface area contributed by atoms with Crippen LogP contribution in [-0.2, 0) is 0 Å². The highest BCUT2D eigenvalue weighted by atomic mass is 32.2. The third-order valence-corrected chi connectivity index (χ3v) is 6.07. The number of ether oxygens (including phenoxy) is 1. The standard InChI is InChI=1S/C17H23NO2S/c1-3-11(2)12-4-7-14(8-5-12)20-17(19)18-13-6-9-15-16(10-13)21-15/h4-5,7-8,11,13,15-16H,3,6,9-10H2,1-2H3,(H,18,19). The van der Waals surface area contributed by atoms with Crippen molar-refractivity contribution < 1.29 is 9.53 Å². The number of fused-ring (bicyclic) bond motifs is 1. The number of carbonyl (C=O) groups is 1. The fourth-order valence-corrected chi connectivity index (χ4v) is 4.16. The molecule has 0 radical (unpaired) electrons. The van der Waals surface area contributed by atoms with Crippen LogP contribution in [0.25, 0.3) is 0 Å². The van der Waals surface area contributed by atoms with Gasteiger partial charge in [-0.2, -0.15) is 11.8 Å². The first-order valence-electron chi connectivity index (χ1n) is 7.89. The molecule has 4 unspecified atom stereocenters. The zero-order valence-corrected chi connectivity index (χ0v) is 13.5. The van der Waals surface area contributed by atoms with E-state index in [1.165, 1.54) is 12.0 Å². The summed E-state index contributed by atoms with van der Waals surface area (Å²) in [6, 6.07) is 8.14. The molecule has 3 nitrogen and oxygen atoms in total. The van der Waals surface area contributed by atoms with Gasteiger partial charge in [0.25, 0.3) is 0 Å². The van der Waals surface area contributed by atoms with Crippen molar-refractivity contribution in [3.63, 3.8) is 0 Å². The van der Waals surface area contributed by atoms with Gasteiger partial charge in [0.2, 0.25) is 0 Å². The van der Waals surface area contributed by atoms with Crippen molar-refractivity contribution in [1.29, 1.82) is 0 Å². The molecule has 1 aliphatic carbocycles. The Kier molecular flexibility index (Phi) is 4.43. The van der Waals surface area contributed by atoms with Gasteiger partial charge in [0.1, 0.15) is 5.75 Å². The predicted molar refractivity (Wildman–Crippen MR) is 87.1 cm³/mol. The van der Waals surface area contributed by atoms with Gasteiger partial charge in [-0.25, -0.2) is 4.79 Å². The largest absolute Gasteiger partial charge is 0.412 e. The second-order valence-corrected chi connectivity index (χ2v) is 7.62. The van der Waals surface area contributed by atoms with Crippen molar-refractivity contribution in [1.82, 2.24) is 5.32 Å². The van der Waals surface area contributed by atoms with Gasteiger partial charge in [-0.3, -0.25) is 0 Å². The van der Waals surface area contributed by atoms with Crippen LogP contribution in [0.3, 0.4) is 0 Å². The summed E-state index contributed by atoms with van der Waals surface area (Å²) < 4.78 is 5.38. The summed E-state index contributed by atoms with van der Waals surface area (Å²) in [5.74, 6) is 1.16. The first-order valence-corrected chi connectivity index (χ1v) is 8.83. The molecule has 1 aliphatic heterocycles. The number of benzene rings is 1. The molecule has 1 heterocycles. The molecular weight excluding hydrogens is 282 g/mol. The smallest absolute Gasteiger partial charge is 0.410 e. The molecule has 114 valence electrons. The summed E-state index contributed by atoms with van der Waals surface area (Å²) >= 11 is 2.05. The SMILES string of the molecule is CCC(C)c1ccc(OC(=O)NC2CCC3SC3C2)cc1. The molecule has 21 heavy (non-hydrogen) atoms. The summed E-state index contributed by atoms with van der Waals surface area (Å²) in [5.41, 5.74) is 1.29. The van der Waals surface area contributed by atoms with Crippen LogP contribution < -0.4 is 10.1 Å². The molecule has 2 aliphatic rings. The van der Waals surface area contributed by atoms with Crippen LogP contribution in [0.15, 0.2) is 24.3 Å². The minimum Gasteiger partial charge on any atom is -0.410 e. The maximum absolute atomic E-state index is 11.9. The highest BCUT2D eigenvalue weighted by molar-refractivity contribution is 8.07. The first kappa shape index (κ1) is 14.8. The molecular formula is C17H23NO2S. The van der Waals surface area contributed by atoms with Gasteiger partial charge < -0.3 is 10.1 Å². The Balaban J connectivity index is 1.49. The zero-order valence-electron chi connectivity index (χ0n) is 12.7. The Hall–Kier alpha value is -1.16. The van der Waals surface area contributed by atoms with Crippen molar-refractivity contribution in [2.75, 3.05) is 0 Å². The monoisotopic (exact) mass is 305 g/mol. The molecule has 1 saturated heterocycles. The molecule has 1 saturated carbocycles. The lowest BCUT2D eigenvalue weighted by Gasteiger charge is -2.21. The summed E-state index contributed by atoms with van der Waals surface area (Å²) in [4.78, 5) is 11.9. The highest BCUT2D eigenvalue weighted by Gasteiger charge is 2.43. The molecule has 2 fully saturated rings. The van der Waals surface area contributed by atoms with Crippen molar-refractivity contribution in [3.8, 4) is 5.75 Å². The molecule has 1 aromatic rings. The molecule has 3 rings (SSSR count). The van der Waals surface area contributed by atoms with Crippen molar-refractivity contribution in [2.24, 2.45) is 0 Å². The van der Waals surface area contributed by atoms with Crippen LogP contribution in [0, 0.1) is 0 Å². The van der Waals surface area contributed by atoms with Crippen LogP contribution >= 0.6 is 11.8 Å². The Morgan fingerprint density at radius 3 is 2.76 bits per heavy atom. The molecule has 4 atom stereocenters. The Labute approximate surface area is 130 Å². The number of rotatable bonds is 4. The fourth-order valence-electron chi connectivity index (χ4n) is 2.94. The van der Waals surface area contributed by atoms with Crippen molar-refractivity contribution in [3.05, 3.63) is 29.8 Å². The molecule has 0 aromatic heterocycles. The summed E-state index contributed by atoms with van der Waals surface area (Å²) in [6.07, 6.45) is 4.19. The van der Waals surface area contributed by atoms with E-state index in [-0.39, 0.29) is 12.1 Å². The van der Waals surface area contributed by atoms with Crippen molar-refractivity contribution in [2.45, 2.75) is 62.0 Å². The molecule has 0 bridgehead atoms. The van der Waals surface area contributed by atoms with Gasteiger partial charge >= 0.3 is 6.09 Å². The minimum atomic E-state index is -0.319. The fraction of sp³-hybridized carbons (Fsp3) is 0.588.